The van der Waals surface area contributed by atoms with Crippen molar-refractivity contribution >= 4 is 23.2 Å². The highest BCUT2D eigenvalue weighted by molar-refractivity contribution is 7.09. The van der Waals surface area contributed by atoms with Crippen LogP contribution in [0, 0.1) is 11.8 Å². The molecule has 2 heterocycles. The summed E-state index contributed by atoms with van der Waals surface area (Å²) in [5.41, 5.74) is 0.914. The number of carbonyl (C=O) groups is 2. The lowest BCUT2D eigenvalue weighted by atomic mass is 9.95. The van der Waals surface area contributed by atoms with Gasteiger partial charge in [0.15, 0.2) is 0 Å². The van der Waals surface area contributed by atoms with Gasteiger partial charge in [-0.05, 0) is 25.7 Å². The molecule has 140 valence electrons. The van der Waals surface area contributed by atoms with Crippen molar-refractivity contribution in [2.24, 2.45) is 11.8 Å². The fourth-order valence-electron chi connectivity index (χ4n) is 3.25. The molecule has 2 rings (SSSR count). The minimum absolute atomic E-state index is 0.0129. The summed E-state index contributed by atoms with van der Waals surface area (Å²) in [4.78, 5) is 31.1. The van der Waals surface area contributed by atoms with Gasteiger partial charge in [0.25, 0.3) is 0 Å². The summed E-state index contributed by atoms with van der Waals surface area (Å²) in [7, 11) is 0. The largest absolute Gasteiger partial charge is 0.350 e. The van der Waals surface area contributed by atoms with Gasteiger partial charge in [0.1, 0.15) is 0 Å². The molecule has 1 saturated heterocycles. The molecule has 0 saturated carbocycles. The summed E-state index contributed by atoms with van der Waals surface area (Å²) in [5, 5.41) is 6.03. The van der Waals surface area contributed by atoms with Gasteiger partial charge in [-0.3, -0.25) is 9.59 Å². The summed E-state index contributed by atoms with van der Waals surface area (Å²) in [6.45, 7) is 10.1. The topological polar surface area (TPSA) is 62.3 Å². The fraction of sp³-hybridized carbons (Fsp3) is 0.737. The summed E-state index contributed by atoms with van der Waals surface area (Å²) in [5.74, 6) is 0.814. The normalized spacial score (nSPS) is 18.0. The van der Waals surface area contributed by atoms with Crippen LogP contribution in [0.1, 0.15) is 70.0 Å². The van der Waals surface area contributed by atoms with Crippen molar-refractivity contribution < 1.29 is 9.59 Å². The Labute approximate surface area is 155 Å². The Morgan fingerprint density at radius 1 is 1.36 bits per heavy atom. The van der Waals surface area contributed by atoms with Gasteiger partial charge in [-0.1, -0.05) is 27.7 Å². The molecule has 2 amide bonds. The van der Waals surface area contributed by atoms with Crippen LogP contribution >= 0.6 is 11.3 Å². The van der Waals surface area contributed by atoms with Crippen LogP contribution in [0.25, 0.3) is 0 Å². The van der Waals surface area contributed by atoms with Gasteiger partial charge in [0.2, 0.25) is 11.8 Å². The van der Waals surface area contributed by atoms with E-state index in [9.17, 15) is 9.59 Å². The molecular formula is C19H31N3O2S. The van der Waals surface area contributed by atoms with Crippen LogP contribution in [0.2, 0.25) is 0 Å². The fourth-order valence-corrected chi connectivity index (χ4v) is 4.20. The third kappa shape index (κ3) is 5.27. The van der Waals surface area contributed by atoms with Crippen molar-refractivity contribution in [2.45, 2.75) is 65.8 Å². The molecule has 1 atom stereocenters. The molecule has 0 spiro atoms. The van der Waals surface area contributed by atoms with Crippen LogP contribution in [-0.4, -0.2) is 34.8 Å². The Balaban J connectivity index is 1.95. The first kappa shape index (κ1) is 19.9. The predicted molar refractivity (Wildman–Crippen MR) is 101 cm³/mol. The van der Waals surface area contributed by atoms with Gasteiger partial charge < -0.3 is 10.2 Å². The summed E-state index contributed by atoms with van der Waals surface area (Å²) in [6.07, 6.45) is 3.94. The van der Waals surface area contributed by atoms with Crippen molar-refractivity contribution in [3.05, 3.63) is 16.1 Å². The molecule has 0 radical (unpaired) electrons. The zero-order valence-corrected chi connectivity index (χ0v) is 16.7. The third-order valence-electron chi connectivity index (χ3n) is 4.95. The van der Waals surface area contributed by atoms with E-state index in [4.69, 9.17) is 4.98 Å². The van der Waals surface area contributed by atoms with E-state index in [1.807, 2.05) is 24.1 Å². The van der Waals surface area contributed by atoms with Crippen LogP contribution in [0.3, 0.4) is 0 Å². The van der Waals surface area contributed by atoms with E-state index in [0.717, 1.165) is 49.5 Å². The Morgan fingerprint density at radius 3 is 2.72 bits per heavy atom. The van der Waals surface area contributed by atoms with E-state index < -0.39 is 0 Å². The molecule has 1 fully saturated rings. The molecule has 0 bridgehead atoms. The Kier molecular flexibility index (Phi) is 7.41. The van der Waals surface area contributed by atoms with Crippen LogP contribution in [-0.2, 0) is 16.1 Å². The quantitative estimate of drug-likeness (QED) is 0.804. The van der Waals surface area contributed by atoms with E-state index in [1.165, 1.54) is 0 Å². The number of thiazole rings is 1. The monoisotopic (exact) mass is 365 g/mol. The maximum Gasteiger partial charge on any atom is 0.225 e. The van der Waals surface area contributed by atoms with E-state index in [0.29, 0.717) is 18.4 Å². The lowest BCUT2D eigenvalue weighted by molar-refractivity contribution is -0.137. The minimum atomic E-state index is -0.0129. The van der Waals surface area contributed by atoms with Crippen molar-refractivity contribution in [3.63, 3.8) is 0 Å². The highest BCUT2D eigenvalue weighted by Crippen LogP contribution is 2.30. The number of carbonyl (C=O) groups excluding carboxylic acids is 2. The summed E-state index contributed by atoms with van der Waals surface area (Å²) in [6, 6.07) is 0. The lowest BCUT2D eigenvalue weighted by Gasteiger charge is -2.34. The molecule has 0 aliphatic carbocycles. The number of aromatic nitrogens is 1. The standard InChI is InChI=1S/C19H31N3O2S/c1-5-14(6-2)19(24)22-9-7-8-15(11-22)18-21-16(12-25-18)10-20-17(23)13(3)4/h12-15H,5-11H2,1-4H3,(H,20,23)/t15-/m1/s1. The molecule has 1 N–H and O–H groups in total. The van der Waals surface area contributed by atoms with Gasteiger partial charge in [-0.15, -0.1) is 11.3 Å². The molecule has 0 aromatic carbocycles. The number of piperidine rings is 1. The van der Waals surface area contributed by atoms with E-state index in [-0.39, 0.29) is 17.7 Å². The third-order valence-corrected chi connectivity index (χ3v) is 6.01. The minimum Gasteiger partial charge on any atom is -0.350 e. The summed E-state index contributed by atoms with van der Waals surface area (Å²) >= 11 is 1.65. The molecule has 1 aliphatic heterocycles. The Bertz CT molecular complexity index is 581. The first-order chi connectivity index (χ1) is 12.0. The van der Waals surface area contributed by atoms with E-state index in [1.54, 1.807) is 11.3 Å². The second-order valence-corrected chi connectivity index (χ2v) is 8.08. The van der Waals surface area contributed by atoms with Crippen LogP contribution < -0.4 is 5.32 Å². The van der Waals surface area contributed by atoms with E-state index >= 15 is 0 Å². The lowest BCUT2D eigenvalue weighted by Crippen LogP contribution is -2.42. The van der Waals surface area contributed by atoms with Crippen LogP contribution in [0.4, 0.5) is 0 Å². The first-order valence-electron chi connectivity index (χ1n) is 9.47. The smallest absolute Gasteiger partial charge is 0.225 e. The van der Waals surface area contributed by atoms with Crippen LogP contribution in [0.5, 0.6) is 0 Å². The van der Waals surface area contributed by atoms with Crippen molar-refractivity contribution in [2.75, 3.05) is 13.1 Å². The second-order valence-electron chi connectivity index (χ2n) is 7.19. The summed E-state index contributed by atoms with van der Waals surface area (Å²) < 4.78 is 0. The Hall–Kier alpha value is -1.43. The van der Waals surface area contributed by atoms with E-state index in [2.05, 4.69) is 19.2 Å². The zero-order valence-electron chi connectivity index (χ0n) is 15.9. The number of hydrogen-bond donors (Lipinski definition) is 1. The van der Waals surface area contributed by atoms with Crippen molar-refractivity contribution in [1.29, 1.82) is 0 Å². The SMILES string of the molecule is CCC(CC)C(=O)N1CCC[C@@H](c2nc(CNC(=O)C(C)C)cs2)C1. The molecule has 1 aromatic rings. The zero-order chi connectivity index (χ0) is 18.4. The van der Waals surface area contributed by atoms with Crippen LogP contribution in [0.15, 0.2) is 5.38 Å². The van der Waals surface area contributed by atoms with Gasteiger partial charge >= 0.3 is 0 Å². The average molecular weight is 366 g/mol. The maximum atomic E-state index is 12.6. The van der Waals surface area contributed by atoms with Gasteiger partial charge in [0, 0.05) is 36.2 Å². The highest BCUT2D eigenvalue weighted by atomic mass is 32.1. The molecule has 0 unspecified atom stereocenters. The van der Waals surface area contributed by atoms with Gasteiger partial charge in [-0.2, -0.15) is 0 Å². The van der Waals surface area contributed by atoms with Gasteiger partial charge in [0.05, 0.1) is 17.2 Å². The molecule has 5 nitrogen and oxygen atoms in total. The molecule has 6 heteroatoms. The van der Waals surface area contributed by atoms with Crippen molar-refractivity contribution in [1.82, 2.24) is 15.2 Å². The highest BCUT2D eigenvalue weighted by Gasteiger charge is 2.29. The number of nitrogens with zero attached hydrogens (tertiary/aromatic N) is 2. The first-order valence-corrected chi connectivity index (χ1v) is 10.3. The van der Waals surface area contributed by atoms with Crippen molar-refractivity contribution in [3.8, 4) is 0 Å². The molecule has 1 aliphatic rings. The average Bonchev–Trinajstić information content (AvgIpc) is 3.09. The number of nitrogens with one attached hydrogen (secondary N) is 1. The molecular weight excluding hydrogens is 334 g/mol. The number of rotatable bonds is 7. The molecule has 1 aromatic heterocycles. The maximum absolute atomic E-state index is 12.6. The molecule has 25 heavy (non-hydrogen) atoms. The Morgan fingerprint density at radius 2 is 2.08 bits per heavy atom. The predicted octanol–water partition coefficient (Wildman–Crippen LogP) is 3.56. The number of amides is 2. The second kappa shape index (κ2) is 9.32. The number of hydrogen-bond acceptors (Lipinski definition) is 4. The van der Waals surface area contributed by atoms with Gasteiger partial charge in [-0.25, -0.2) is 4.98 Å². The number of likely N-dealkylation sites (tertiary alicyclic amines) is 1.